The molecule has 0 unspecified atom stereocenters. The van der Waals surface area contributed by atoms with Crippen LogP contribution in [0.1, 0.15) is 12.5 Å². The summed E-state index contributed by atoms with van der Waals surface area (Å²) in [5, 5.41) is 11.9. The minimum absolute atomic E-state index is 0.362. The molecule has 0 saturated carbocycles. The second-order valence-electron chi connectivity index (χ2n) is 4.41. The molecule has 5 nitrogen and oxygen atoms in total. The number of nitrogens with one attached hydrogen (secondary N) is 1. The first-order valence-electron chi connectivity index (χ1n) is 6.19. The number of hydrogen-bond donors (Lipinski definition) is 2. The molecule has 7 heteroatoms. The van der Waals surface area contributed by atoms with Crippen LogP contribution >= 0.6 is 27.7 Å². The first-order valence-corrected chi connectivity index (χ1v) is 8.14. The monoisotopic (exact) mass is 358 g/mol. The first kappa shape index (κ1) is 15.2. The van der Waals surface area contributed by atoms with Gasteiger partial charge in [0.05, 0.1) is 5.88 Å². The van der Waals surface area contributed by atoms with Gasteiger partial charge >= 0.3 is 12.0 Å². The van der Waals surface area contributed by atoms with Gasteiger partial charge in [0.25, 0.3) is 0 Å². The number of rotatable bonds is 3. The Bertz CT molecular complexity index is 538. The molecular formula is C13H15BrN2O3S. The summed E-state index contributed by atoms with van der Waals surface area (Å²) in [7, 11) is 0. The molecule has 1 aromatic carbocycles. The number of carboxylic acid groups (broad SMARTS) is 1. The number of anilines is 1. The van der Waals surface area contributed by atoms with E-state index in [0.29, 0.717) is 11.6 Å². The van der Waals surface area contributed by atoms with Gasteiger partial charge in [-0.3, -0.25) is 0 Å². The number of amides is 2. The van der Waals surface area contributed by atoms with E-state index in [2.05, 4.69) is 21.2 Å². The Kier molecular flexibility index (Phi) is 4.93. The fourth-order valence-corrected chi connectivity index (χ4v) is 3.56. The summed E-state index contributed by atoms with van der Waals surface area (Å²) in [4.78, 5) is 24.7. The van der Waals surface area contributed by atoms with Gasteiger partial charge in [-0.1, -0.05) is 22.9 Å². The SMILES string of the molecule is CCc1cc(Br)ccc1NC(=O)N1CSC[C@H]1C(=O)O. The van der Waals surface area contributed by atoms with Crippen LogP contribution in [0.3, 0.4) is 0 Å². The molecule has 0 spiro atoms. The van der Waals surface area contributed by atoms with Gasteiger partial charge in [-0.2, -0.15) is 0 Å². The third-order valence-corrected chi connectivity index (χ3v) is 4.62. The van der Waals surface area contributed by atoms with Crippen molar-refractivity contribution < 1.29 is 14.7 Å². The third-order valence-electron chi connectivity index (χ3n) is 3.12. The number of carbonyl (C=O) groups excluding carboxylic acids is 1. The standard InChI is InChI=1S/C13H15BrN2O3S/c1-2-8-5-9(14)3-4-10(8)15-13(19)16-7-20-6-11(16)12(17)18/h3-5,11H,2,6-7H2,1H3,(H,15,19)(H,17,18)/t11-/m0/s1. The Morgan fingerprint density at radius 1 is 1.55 bits per heavy atom. The molecule has 0 bridgehead atoms. The van der Waals surface area contributed by atoms with E-state index in [4.69, 9.17) is 5.11 Å². The van der Waals surface area contributed by atoms with Crippen molar-refractivity contribution in [2.45, 2.75) is 19.4 Å². The highest BCUT2D eigenvalue weighted by Gasteiger charge is 2.34. The molecule has 0 aromatic heterocycles. The second-order valence-corrected chi connectivity index (χ2v) is 6.32. The van der Waals surface area contributed by atoms with Gasteiger partial charge in [0.15, 0.2) is 0 Å². The van der Waals surface area contributed by atoms with E-state index in [1.54, 1.807) is 0 Å². The lowest BCUT2D eigenvalue weighted by Crippen LogP contribution is -2.44. The number of carbonyl (C=O) groups is 2. The molecule has 20 heavy (non-hydrogen) atoms. The third kappa shape index (κ3) is 3.27. The highest BCUT2D eigenvalue weighted by atomic mass is 79.9. The molecule has 2 N–H and O–H groups in total. The summed E-state index contributed by atoms with van der Waals surface area (Å²) in [5.41, 5.74) is 1.73. The topological polar surface area (TPSA) is 69.6 Å². The zero-order valence-corrected chi connectivity index (χ0v) is 13.3. The van der Waals surface area contributed by atoms with E-state index in [-0.39, 0.29) is 6.03 Å². The predicted octanol–water partition coefficient (Wildman–Crippen LogP) is 3.00. The number of aliphatic carboxylic acids is 1. The van der Waals surface area contributed by atoms with Crippen LogP contribution in [-0.2, 0) is 11.2 Å². The summed E-state index contributed by atoms with van der Waals surface area (Å²) < 4.78 is 0.951. The molecule has 2 amide bonds. The van der Waals surface area contributed by atoms with Gasteiger partial charge in [0.1, 0.15) is 6.04 Å². The van der Waals surface area contributed by atoms with Crippen molar-refractivity contribution in [3.8, 4) is 0 Å². The minimum atomic E-state index is -0.961. The molecular weight excluding hydrogens is 344 g/mol. The Morgan fingerprint density at radius 2 is 2.30 bits per heavy atom. The Balaban J connectivity index is 2.13. The van der Waals surface area contributed by atoms with Crippen molar-refractivity contribution in [3.05, 3.63) is 28.2 Å². The fourth-order valence-electron chi connectivity index (χ4n) is 2.01. The highest BCUT2D eigenvalue weighted by Crippen LogP contribution is 2.25. The maximum absolute atomic E-state index is 12.2. The minimum Gasteiger partial charge on any atom is -0.480 e. The van der Waals surface area contributed by atoms with Crippen molar-refractivity contribution in [1.82, 2.24) is 4.90 Å². The Hall–Kier alpha value is -1.21. The molecule has 108 valence electrons. The van der Waals surface area contributed by atoms with Crippen LogP contribution in [0.15, 0.2) is 22.7 Å². The zero-order chi connectivity index (χ0) is 14.7. The van der Waals surface area contributed by atoms with Crippen LogP contribution in [-0.4, -0.2) is 39.7 Å². The number of thioether (sulfide) groups is 1. The molecule has 2 rings (SSSR count). The number of benzene rings is 1. The van der Waals surface area contributed by atoms with E-state index < -0.39 is 12.0 Å². The average Bonchev–Trinajstić information content (AvgIpc) is 2.90. The van der Waals surface area contributed by atoms with Gasteiger partial charge in [-0.15, -0.1) is 11.8 Å². The van der Waals surface area contributed by atoms with Crippen molar-refractivity contribution in [1.29, 1.82) is 0 Å². The van der Waals surface area contributed by atoms with E-state index in [0.717, 1.165) is 22.1 Å². The average molecular weight is 359 g/mol. The normalized spacial score (nSPS) is 18.1. The van der Waals surface area contributed by atoms with E-state index >= 15 is 0 Å². The lowest BCUT2D eigenvalue weighted by atomic mass is 10.1. The van der Waals surface area contributed by atoms with Gasteiger partial charge in [-0.05, 0) is 30.2 Å². The van der Waals surface area contributed by atoms with Gasteiger partial charge in [0.2, 0.25) is 0 Å². The van der Waals surface area contributed by atoms with Gasteiger partial charge in [0, 0.05) is 15.9 Å². The highest BCUT2D eigenvalue weighted by molar-refractivity contribution is 9.10. The zero-order valence-electron chi connectivity index (χ0n) is 10.9. The molecule has 1 saturated heterocycles. The predicted molar refractivity (Wildman–Crippen MR) is 83.1 cm³/mol. The van der Waals surface area contributed by atoms with E-state index in [1.807, 2.05) is 25.1 Å². The molecule has 0 aliphatic carbocycles. The van der Waals surface area contributed by atoms with E-state index in [1.165, 1.54) is 16.7 Å². The summed E-state index contributed by atoms with van der Waals surface area (Å²) in [6, 6.07) is 4.50. The van der Waals surface area contributed by atoms with Crippen LogP contribution in [0, 0.1) is 0 Å². The van der Waals surface area contributed by atoms with Crippen LogP contribution in [0.25, 0.3) is 0 Å². The van der Waals surface area contributed by atoms with Crippen LogP contribution in [0.4, 0.5) is 10.5 Å². The molecule has 1 atom stereocenters. The van der Waals surface area contributed by atoms with Crippen LogP contribution < -0.4 is 5.32 Å². The summed E-state index contributed by atoms with van der Waals surface area (Å²) >= 11 is 4.84. The lowest BCUT2D eigenvalue weighted by molar-refractivity contribution is -0.140. The molecule has 0 radical (unpaired) electrons. The van der Waals surface area contributed by atoms with Crippen molar-refractivity contribution in [2.24, 2.45) is 0 Å². The van der Waals surface area contributed by atoms with Crippen LogP contribution in [0.5, 0.6) is 0 Å². The molecule has 1 aromatic rings. The molecule has 1 fully saturated rings. The van der Waals surface area contributed by atoms with Crippen molar-refractivity contribution in [2.75, 3.05) is 16.9 Å². The largest absolute Gasteiger partial charge is 0.480 e. The maximum atomic E-state index is 12.2. The van der Waals surface area contributed by atoms with Crippen molar-refractivity contribution >= 4 is 45.4 Å². The number of aryl methyl sites for hydroxylation is 1. The summed E-state index contributed by atoms with van der Waals surface area (Å²) in [5.74, 6) is -0.124. The number of hydrogen-bond acceptors (Lipinski definition) is 3. The number of halogens is 1. The van der Waals surface area contributed by atoms with E-state index in [9.17, 15) is 9.59 Å². The molecule has 1 aliphatic heterocycles. The Morgan fingerprint density at radius 3 is 2.95 bits per heavy atom. The molecule has 1 heterocycles. The number of urea groups is 1. The first-order chi connectivity index (χ1) is 9.52. The number of carboxylic acids is 1. The second kappa shape index (κ2) is 6.49. The van der Waals surface area contributed by atoms with Crippen molar-refractivity contribution in [3.63, 3.8) is 0 Å². The van der Waals surface area contributed by atoms with Gasteiger partial charge in [-0.25, -0.2) is 9.59 Å². The lowest BCUT2D eigenvalue weighted by Gasteiger charge is -2.21. The van der Waals surface area contributed by atoms with Gasteiger partial charge < -0.3 is 15.3 Å². The fraction of sp³-hybridized carbons (Fsp3) is 0.385. The van der Waals surface area contributed by atoms with Crippen LogP contribution in [0.2, 0.25) is 0 Å². The Labute approximate surface area is 129 Å². The summed E-state index contributed by atoms with van der Waals surface area (Å²) in [6.45, 7) is 2.00. The molecule has 1 aliphatic rings. The number of nitrogens with zero attached hydrogens (tertiary/aromatic N) is 1. The smallest absolute Gasteiger partial charge is 0.327 e. The quantitative estimate of drug-likeness (QED) is 0.871. The maximum Gasteiger partial charge on any atom is 0.327 e. The summed E-state index contributed by atoms with van der Waals surface area (Å²) in [6.07, 6.45) is 0.784.